The molecule has 1 aromatic heterocycles. The van der Waals surface area contributed by atoms with Crippen molar-refractivity contribution in [3.8, 4) is 5.75 Å². The lowest BCUT2D eigenvalue weighted by Gasteiger charge is -2.02. The van der Waals surface area contributed by atoms with Crippen LogP contribution in [-0.4, -0.2) is 22.4 Å². The second-order valence-electron chi connectivity index (χ2n) is 1.76. The first kappa shape index (κ1) is 8.51. The molecule has 0 fully saturated rings. The maximum Gasteiger partial charge on any atom is 0.707 e. The van der Waals surface area contributed by atoms with E-state index in [1.165, 1.54) is 6.20 Å². The van der Waals surface area contributed by atoms with Gasteiger partial charge in [0.05, 0.1) is 6.20 Å². The first-order chi connectivity index (χ1) is 5.18. The Hall–Kier alpha value is -0.585. The van der Waals surface area contributed by atoms with E-state index in [0.717, 1.165) is 0 Å². The Bertz CT molecular complexity index is 228. The van der Waals surface area contributed by atoms with Crippen LogP contribution in [0, 0.1) is 0 Å². The number of pyridine rings is 1. The molecular formula is C5H5BBrNO3. The highest BCUT2D eigenvalue weighted by Crippen LogP contribution is 2.12. The fourth-order valence-electron chi connectivity index (χ4n) is 0.554. The molecule has 0 atom stereocenters. The molecule has 0 aliphatic rings. The molecule has 1 aromatic rings. The molecule has 58 valence electrons. The fourth-order valence-corrected chi connectivity index (χ4v) is 0.788. The third-order valence-corrected chi connectivity index (χ3v) is 1.41. The van der Waals surface area contributed by atoms with Crippen molar-refractivity contribution in [2.75, 3.05) is 0 Å². The maximum atomic E-state index is 8.37. The molecule has 0 aromatic carbocycles. The Morgan fingerprint density at radius 1 is 1.45 bits per heavy atom. The van der Waals surface area contributed by atoms with Crippen LogP contribution in [0.4, 0.5) is 0 Å². The van der Waals surface area contributed by atoms with Gasteiger partial charge in [0.25, 0.3) is 0 Å². The Labute approximate surface area is 72.1 Å². The van der Waals surface area contributed by atoms with E-state index in [1.54, 1.807) is 12.1 Å². The van der Waals surface area contributed by atoms with E-state index >= 15 is 0 Å². The minimum Gasteiger partial charge on any atom is -0.511 e. The smallest absolute Gasteiger partial charge is 0.511 e. The van der Waals surface area contributed by atoms with Crippen molar-refractivity contribution in [1.82, 2.24) is 4.98 Å². The Morgan fingerprint density at radius 2 is 2.18 bits per heavy atom. The lowest BCUT2D eigenvalue weighted by Crippen LogP contribution is -2.20. The van der Waals surface area contributed by atoms with Crippen LogP contribution in [0.1, 0.15) is 0 Å². The lowest BCUT2D eigenvalue weighted by atomic mass is 10.2. The summed E-state index contributed by atoms with van der Waals surface area (Å²) in [7, 11) is -1.79. The third-order valence-electron chi connectivity index (χ3n) is 0.942. The van der Waals surface area contributed by atoms with E-state index in [-0.39, 0.29) is 0 Å². The van der Waals surface area contributed by atoms with Crippen molar-refractivity contribution >= 4 is 23.3 Å². The van der Waals surface area contributed by atoms with Crippen LogP contribution in [0.2, 0.25) is 0 Å². The van der Waals surface area contributed by atoms with Crippen LogP contribution >= 0.6 is 15.9 Å². The molecule has 4 nitrogen and oxygen atoms in total. The van der Waals surface area contributed by atoms with Crippen LogP contribution < -0.4 is 4.65 Å². The van der Waals surface area contributed by atoms with E-state index in [1.807, 2.05) is 0 Å². The van der Waals surface area contributed by atoms with Crippen molar-refractivity contribution in [1.29, 1.82) is 0 Å². The van der Waals surface area contributed by atoms with Crippen LogP contribution in [-0.2, 0) is 0 Å². The first-order valence-corrected chi connectivity index (χ1v) is 3.62. The summed E-state index contributed by atoms with van der Waals surface area (Å²) in [6.45, 7) is 0. The summed E-state index contributed by atoms with van der Waals surface area (Å²) in [5.74, 6) is 0.309. The summed E-state index contributed by atoms with van der Waals surface area (Å²) >= 11 is 3.12. The van der Waals surface area contributed by atoms with Gasteiger partial charge in [0.1, 0.15) is 10.4 Å². The van der Waals surface area contributed by atoms with Gasteiger partial charge >= 0.3 is 7.32 Å². The Kier molecular flexibility index (Phi) is 2.87. The number of hydrogen-bond donors (Lipinski definition) is 2. The van der Waals surface area contributed by atoms with Gasteiger partial charge in [0, 0.05) is 0 Å². The number of nitrogens with zero attached hydrogens (tertiary/aromatic N) is 1. The number of halogens is 1. The highest BCUT2D eigenvalue weighted by atomic mass is 79.9. The maximum absolute atomic E-state index is 8.37. The molecule has 0 aliphatic heterocycles. The topological polar surface area (TPSA) is 62.6 Å². The second kappa shape index (κ2) is 3.70. The van der Waals surface area contributed by atoms with Crippen LogP contribution in [0.5, 0.6) is 5.75 Å². The summed E-state index contributed by atoms with van der Waals surface area (Å²) < 4.78 is 5.16. The van der Waals surface area contributed by atoms with Crippen molar-refractivity contribution in [3.63, 3.8) is 0 Å². The van der Waals surface area contributed by atoms with Gasteiger partial charge in [-0.2, -0.15) is 0 Å². The van der Waals surface area contributed by atoms with E-state index in [9.17, 15) is 0 Å². The fraction of sp³-hybridized carbons (Fsp3) is 0. The number of rotatable bonds is 2. The molecule has 0 unspecified atom stereocenters. The average Bonchev–Trinajstić information content (AvgIpc) is 1.93. The van der Waals surface area contributed by atoms with Gasteiger partial charge in [-0.05, 0) is 28.1 Å². The normalized spacial score (nSPS) is 9.36. The van der Waals surface area contributed by atoms with Crippen LogP contribution in [0.3, 0.4) is 0 Å². The molecule has 6 heteroatoms. The van der Waals surface area contributed by atoms with E-state index in [0.29, 0.717) is 10.4 Å². The molecule has 1 rings (SSSR count). The molecule has 0 bridgehead atoms. The predicted octanol–water partition coefficient (Wildman–Crippen LogP) is 0.192. The van der Waals surface area contributed by atoms with Crippen molar-refractivity contribution < 1.29 is 14.7 Å². The largest absolute Gasteiger partial charge is 0.707 e. The van der Waals surface area contributed by atoms with Crippen molar-refractivity contribution in [2.45, 2.75) is 0 Å². The van der Waals surface area contributed by atoms with Gasteiger partial charge in [0.15, 0.2) is 0 Å². The molecule has 0 amide bonds. The summed E-state index contributed by atoms with van der Waals surface area (Å²) in [5, 5.41) is 16.7. The van der Waals surface area contributed by atoms with E-state index < -0.39 is 7.32 Å². The second-order valence-corrected chi connectivity index (χ2v) is 2.57. The number of aromatic nitrogens is 1. The summed E-state index contributed by atoms with van der Waals surface area (Å²) in [5.41, 5.74) is 0. The summed E-state index contributed by atoms with van der Waals surface area (Å²) in [4.78, 5) is 3.80. The summed E-state index contributed by atoms with van der Waals surface area (Å²) in [6.07, 6.45) is 1.38. The van der Waals surface area contributed by atoms with Crippen LogP contribution in [0.15, 0.2) is 22.9 Å². The molecule has 0 saturated heterocycles. The lowest BCUT2D eigenvalue weighted by molar-refractivity contribution is 0.287. The van der Waals surface area contributed by atoms with E-state index in [2.05, 4.69) is 25.6 Å². The Morgan fingerprint density at radius 3 is 2.64 bits per heavy atom. The quantitative estimate of drug-likeness (QED) is 0.549. The van der Waals surface area contributed by atoms with E-state index in [4.69, 9.17) is 10.0 Å². The van der Waals surface area contributed by atoms with Crippen LogP contribution in [0.25, 0.3) is 0 Å². The molecule has 0 saturated carbocycles. The number of hydrogen-bond acceptors (Lipinski definition) is 4. The average molecular weight is 218 g/mol. The summed E-state index contributed by atoms with van der Waals surface area (Å²) in [6, 6.07) is 3.20. The molecule has 0 spiro atoms. The van der Waals surface area contributed by atoms with Gasteiger partial charge in [-0.3, -0.25) is 0 Å². The van der Waals surface area contributed by atoms with Gasteiger partial charge in [-0.1, -0.05) is 0 Å². The van der Waals surface area contributed by atoms with Gasteiger partial charge < -0.3 is 14.7 Å². The SMILES string of the molecule is OB(O)Oc1ccc(Br)nc1. The molecule has 11 heavy (non-hydrogen) atoms. The highest BCUT2D eigenvalue weighted by molar-refractivity contribution is 9.10. The highest BCUT2D eigenvalue weighted by Gasteiger charge is 2.10. The van der Waals surface area contributed by atoms with Crippen molar-refractivity contribution in [2.24, 2.45) is 0 Å². The molecule has 0 aliphatic carbocycles. The minimum atomic E-state index is -1.79. The van der Waals surface area contributed by atoms with Gasteiger partial charge in [0.2, 0.25) is 0 Å². The standard InChI is InChI=1S/C5H5BBrNO3/c7-5-2-1-4(3-8-5)11-6(9)10/h1-3,9-10H. The minimum absolute atomic E-state index is 0.309. The zero-order chi connectivity index (χ0) is 8.27. The molecule has 2 N–H and O–H groups in total. The predicted molar refractivity (Wildman–Crippen MR) is 42.8 cm³/mol. The van der Waals surface area contributed by atoms with Crippen molar-refractivity contribution in [3.05, 3.63) is 22.9 Å². The Balaban J connectivity index is 2.66. The monoisotopic (exact) mass is 217 g/mol. The van der Waals surface area contributed by atoms with Gasteiger partial charge in [-0.25, -0.2) is 4.98 Å². The zero-order valence-corrected chi connectivity index (χ0v) is 7.02. The van der Waals surface area contributed by atoms with Gasteiger partial charge in [-0.15, -0.1) is 0 Å². The molecular weight excluding hydrogens is 213 g/mol. The third kappa shape index (κ3) is 2.88. The molecule has 0 radical (unpaired) electrons. The first-order valence-electron chi connectivity index (χ1n) is 2.83. The zero-order valence-electron chi connectivity index (χ0n) is 5.44. The molecule has 1 heterocycles.